The van der Waals surface area contributed by atoms with Crippen LogP contribution in [0, 0.1) is 3.95 Å². The second-order valence-electron chi connectivity index (χ2n) is 5.85. The highest BCUT2D eigenvalue weighted by Crippen LogP contribution is 2.27. The van der Waals surface area contributed by atoms with E-state index in [1.165, 1.54) is 23.1 Å². The van der Waals surface area contributed by atoms with Crippen molar-refractivity contribution in [3.63, 3.8) is 0 Å². The zero-order valence-electron chi connectivity index (χ0n) is 14.6. The Kier molecular flexibility index (Phi) is 5.54. The summed E-state index contributed by atoms with van der Waals surface area (Å²) in [5, 5.41) is 1.21. The van der Waals surface area contributed by atoms with Crippen LogP contribution in [0.3, 0.4) is 0 Å². The van der Waals surface area contributed by atoms with Crippen LogP contribution in [0.2, 0.25) is 5.02 Å². The molecule has 0 fully saturated rings. The van der Waals surface area contributed by atoms with Gasteiger partial charge in [0.25, 0.3) is 5.56 Å². The van der Waals surface area contributed by atoms with Crippen molar-refractivity contribution in [2.45, 2.75) is 10.9 Å². The zero-order chi connectivity index (χ0) is 19.7. The Hall–Kier alpha value is -2.13. The first-order valence-electron chi connectivity index (χ1n) is 8.22. The maximum atomic E-state index is 12.6. The standard InChI is InChI=1S/C19H14ClN3O2S3/c1-25-14-7-3-6-13(9-14)23-16-15(28-19(23)26)17(24)22-18(21-16)27-10-11-4-2-5-12(20)8-11/h2-9H,10H2,1H3,(H,21,22,24). The maximum absolute atomic E-state index is 12.6. The molecule has 2 aromatic heterocycles. The van der Waals surface area contributed by atoms with Crippen LogP contribution in [-0.2, 0) is 5.75 Å². The highest BCUT2D eigenvalue weighted by Gasteiger charge is 2.14. The molecule has 0 bridgehead atoms. The topological polar surface area (TPSA) is 59.9 Å². The number of methoxy groups -OCH3 is 1. The molecule has 1 N–H and O–H groups in total. The van der Waals surface area contributed by atoms with Crippen LogP contribution in [0.25, 0.3) is 16.0 Å². The van der Waals surface area contributed by atoms with E-state index in [2.05, 4.69) is 9.97 Å². The van der Waals surface area contributed by atoms with E-state index in [0.29, 0.717) is 36.0 Å². The van der Waals surface area contributed by atoms with Crippen molar-refractivity contribution in [2.24, 2.45) is 0 Å². The zero-order valence-corrected chi connectivity index (χ0v) is 17.8. The van der Waals surface area contributed by atoms with Crippen molar-refractivity contribution < 1.29 is 4.74 Å². The number of hydrogen-bond donors (Lipinski definition) is 1. The van der Waals surface area contributed by atoms with Crippen LogP contribution in [0.15, 0.2) is 58.5 Å². The highest BCUT2D eigenvalue weighted by atomic mass is 35.5. The minimum absolute atomic E-state index is 0.198. The summed E-state index contributed by atoms with van der Waals surface area (Å²) in [4.78, 5) is 20.1. The van der Waals surface area contributed by atoms with Crippen molar-refractivity contribution >= 4 is 57.3 Å². The number of H-pyrrole nitrogens is 1. The molecule has 0 unspecified atom stereocenters. The molecular weight excluding hydrogens is 434 g/mol. The van der Waals surface area contributed by atoms with Crippen molar-refractivity contribution in [1.82, 2.24) is 14.5 Å². The number of nitrogens with one attached hydrogen (secondary N) is 1. The molecule has 2 aromatic carbocycles. The van der Waals surface area contributed by atoms with E-state index in [1.54, 1.807) is 11.7 Å². The number of thioether (sulfide) groups is 1. The monoisotopic (exact) mass is 447 g/mol. The number of fused-ring (bicyclic) bond motifs is 1. The number of rotatable bonds is 5. The van der Waals surface area contributed by atoms with Crippen molar-refractivity contribution in [2.75, 3.05) is 7.11 Å². The molecule has 2 heterocycles. The highest BCUT2D eigenvalue weighted by molar-refractivity contribution is 7.98. The van der Waals surface area contributed by atoms with Crippen molar-refractivity contribution in [3.8, 4) is 11.4 Å². The second-order valence-corrected chi connectivity index (χ2v) is 8.89. The lowest BCUT2D eigenvalue weighted by Gasteiger charge is -2.07. The van der Waals surface area contributed by atoms with Gasteiger partial charge in [0, 0.05) is 16.8 Å². The first-order valence-corrected chi connectivity index (χ1v) is 10.8. The van der Waals surface area contributed by atoms with E-state index >= 15 is 0 Å². The average Bonchev–Trinajstić information content (AvgIpc) is 3.03. The van der Waals surface area contributed by atoms with Crippen LogP contribution in [0.1, 0.15) is 5.56 Å². The Morgan fingerprint density at radius 1 is 1.29 bits per heavy atom. The smallest absolute Gasteiger partial charge is 0.271 e. The van der Waals surface area contributed by atoms with Gasteiger partial charge < -0.3 is 9.72 Å². The summed E-state index contributed by atoms with van der Waals surface area (Å²) in [6.45, 7) is 0. The van der Waals surface area contributed by atoms with E-state index in [9.17, 15) is 4.79 Å². The van der Waals surface area contributed by atoms with Gasteiger partial charge >= 0.3 is 0 Å². The SMILES string of the molecule is COc1cccc(-n2c(=S)sc3c(=O)[nH]c(SCc4cccc(Cl)c4)nc32)c1. The van der Waals surface area contributed by atoms with Gasteiger partial charge in [-0.25, -0.2) is 4.98 Å². The molecule has 0 aliphatic carbocycles. The van der Waals surface area contributed by atoms with E-state index in [4.69, 9.17) is 28.6 Å². The Morgan fingerprint density at radius 3 is 2.89 bits per heavy atom. The van der Waals surface area contributed by atoms with Gasteiger partial charge in [-0.15, -0.1) is 0 Å². The van der Waals surface area contributed by atoms with Gasteiger partial charge in [0.1, 0.15) is 10.4 Å². The fourth-order valence-corrected chi connectivity index (χ4v) is 5.00. The number of benzene rings is 2. The normalized spacial score (nSPS) is 11.1. The van der Waals surface area contributed by atoms with E-state index in [-0.39, 0.29) is 5.56 Å². The van der Waals surface area contributed by atoms with E-state index in [1.807, 2.05) is 48.5 Å². The van der Waals surface area contributed by atoms with E-state index in [0.717, 1.165) is 11.3 Å². The molecule has 4 aromatic rings. The lowest BCUT2D eigenvalue weighted by molar-refractivity contribution is 0.414. The first kappa shape index (κ1) is 19.2. The lowest BCUT2D eigenvalue weighted by atomic mass is 10.2. The van der Waals surface area contributed by atoms with Gasteiger partial charge in [0.2, 0.25) is 0 Å². The molecule has 0 spiro atoms. The number of ether oxygens (including phenoxy) is 1. The molecule has 0 aliphatic rings. The summed E-state index contributed by atoms with van der Waals surface area (Å²) in [6.07, 6.45) is 0. The molecule has 0 amide bonds. The van der Waals surface area contributed by atoms with Crippen LogP contribution in [-0.4, -0.2) is 21.6 Å². The molecule has 4 rings (SSSR count). The van der Waals surface area contributed by atoms with Crippen LogP contribution in [0.5, 0.6) is 5.75 Å². The first-order chi connectivity index (χ1) is 13.5. The van der Waals surface area contributed by atoms with E-state index < -0.39 is 0 Å². The summed E-state index contributed by atoms with van der Waals surface area (Å²) >= 11 is 14.2. The third-order valence-corrected chi connectivity index (χ3v) is 6.54. The fourth-order valence-electron chi connectivity index (χ4n) is 2.72. The molecule has 28 heavy (non-hydrogen) atoms. The Labute approximate surface area is 179 Å². The molecule has 0 saturated heterocycles. The average molecular weight is 448 g/mol. The maximum Gasteiger partial charge on any atom is 0.271 e. The fraction of sp³-hybridized carbons (Fsp3) is 0.105. The number of aromatic amines is 1. The predicted molar refractivity (Wildman–Crippen MR) is 118 cm³/mol. The van der Waals surface area contributed by atoms with Crippen LogP contribution < -0.4 is 10.3 Å². The third kappa shape index (κ3) is 3.86. The lowest BCUT2D eigenvalue weighted by Crippen LogP contribution is -2.09. The Balaban J connectivity index is 1.76. The number of thiazole rings is 1. The molecule has 0 atom stereocenters. The molecule has 5 nitrogen and oxygen atoms in total. The Bertz CT molecular complexity index is 1280. The van der Waals surface area contributed by atoms with Gasteiger partial charge in [-0.1, -0.05) is 52.9 Å². The minimum Gasteiger partial charge on any atom is -0.497 e. The summed E-state index contributed by atoms with van der Waals surface area (Å²) in [6, 6.07) is 15.1. The quantitative estimate of drug-likeness (QED) is 0.250. The largest absolute Gasteiger partial charge is 0.497 e. The number of nitrogens with zero attached hydrogens (tertiary/aromatic N) is 2. The second kappa shape index (κ2) is 8.08. The van der Waals surface area contributed by atoms with Crippen molar-refractivity contribution in [1.29, 1.82) is 0 Å². The van der Waals surface area contributed by atoms with Gasteiger partial charge in [-0.3, -0.25) is 9.36 Å². The molecular formula is C19H14ClN3O2S3. The Morgan fingerprint density at radius 2 is 2.11 bits per heavy atom. The van der Waals surface area contributed by atoms with Gasteiger partial charge in [0.05, 0.1) is 12.8 Å². The van der Waals surface area contributed by atoms with Crippen molar-refractivity contribution in [3.05, 3.63) is 73.4 Å². The summed E-state index contributed by atoms with van der Waals surface area (Å²) < 4.78 is 8.16. The summed E-state index contributed by atoms with van der Waals surface area (Å²) in [5.74, 6) is 1.35. The van der Waals surface area contributed by atoms with Gasteiger partial charge in [-0.2, -0.15) is 0 Å². The molecule has 0 radical (unpaired) electrons. The molecule has 0 aliphatic heterocycles. The number of hydrogen-bond acceptors (Lipinski definition) is 6. The predicted octanol–water partition coefficient (Wildman–Crippen LogP) is 5.46. The van der Waals surface area contributed by atoms with Gasteiger partial charge in [0.15, 0.2) is 14.8 Å². The molecule has 142 valence electrons. The van der Waals surface area contributed by atoms with Crippen LogP contribution >= 0.6 is 46.9 Å². The van der Waals surface area contributed by atoms with Gasteiger partial charge in [-0.05, 0) is 42.0 Å². The molecule has 0 saturated carbocycles. The minimum atomic E-state index is -0.198. The summed E-state index contributed by atoms with van der Waals surface area (Å²) in [7, 11) is 1.61. The number of halogens is 1. The summed E-state index contributed by atoms with van der Waals surface area (Å²) in [5.41, 5.74) is 2.20. The third-order valence-electron chi connectivity index (χ3n) is 4.00. The molecule has 9 heteroatoms. The number of aromatic nitrogens is 3. The van der Waals surface area contributed by atoms with Crippen LogP contribution in [0.4, 0.5) is 0 Å².